The highest BCUT2D eigenvalue weighted by molar-refractivity contribution is 14.0. The van der Waals surface area contributed by atoms with Crippen molar-refractivity contribution in [1.29, 1.82) is 0 Å². The molecule has 1 atom stereocenters. The van der Waals surface area contributed by atoms with Crippen molar-refractivity contribution in [2.75, 3.05) is 39.9 Å². The molecule has 0 aromatic heterocycles. The van der Waals surface area contributed by atoms with Crippen molar-refractivity contribution in [3.8, 4) is 0 Å². The lowest BCUT2D eigenvalue weighted by Gasteiger charge is -2.34. The van der Waals surface area contributed by atoms with E-state index in [9.17, 15) is 4.79 Å². The van der Waals surface area contributed by atoms with Gasteiger partial charge < -0.3 is 19.7 Å². The maximum atomic E-state index is 12.0. The van der Waals surface area contributed by atoms with Gasteiger partial charge in [-0.25, -0.2) is 0 Å². The van der Waals surface area contributed by atoms with Gasteiger partial charge in [0.15, 0.2) is 5.96 Å². The first-order chi connectivity index (χ1) is 11.7. The molecule has 0 amide bonds. The molecule has 0 aromatic rings. The Bertz CT molecular complexity index is 414. The Hall–Kier alpha value is -0.570. The van der Waals surface area contributed by atoms with E-state index in [0.29, 0.717) is 19.3 Å². The van der Waals surface area contributed by atoms with Gasteiger partial charge in [0.05, 0.1) is 18.6 Å². The van der Waals surface area contributed by atoms with Gasteiger partial charge in [-0.3, -0.25) is 9.79 Å². The minimum atomic E-state index is -0.0809. The molecule has 1 saturated carbocycles. The molecule has 1 heterocycles. The maximum Gasteiger partial charge on any atom is 0.310 e. The van der Waals surface area contributed by atoms with E-state index in [0.717, 1.165) is 44.9 Å². The van der Waals surface area contributed by atoms with Crippen LogP contribution in [0.1, 0.15) is 51.9 Å². The van der Waals surface area contributed by atoms with E-state index in [2.05, 4.69) is 15.2 Å². The molecule has 6 nitrogen and oxygen atoms in total. The number of nitrogens with one attached hydrogen (secondary N) is 1. The summed E-state index contributed by atoms with van der Waals surface area (Å²) >= 11 is 0. The molecule has 7 heteroatoms. The van der Waals surface area contributed by atoms with Crippen LogP contribution in [0.3, 0.4) is 0 Å². The van der Waals surface area contributed by atoms with Crippen molar-refractivity contribution in [2.45, 2.75) is 58.0 Å². The standard InChI is InChI=1S/C18H33N3O3.HI/c1-3-23-17(22)15-8-6-12-21(14-15)18(19-2)20-11-7-13-24-16-9-4-5-10-16;/h15-16H,3-14H2,1-2H3,(H,19,20);1H. The Morgan fingerprint density at radius 1 is 1.24 bits per heavy atom. The van der Waals surface area contributed by atoms with E-state index in [1.54, 1.807) is 7.05 Å². The fraction of sp³-hybridized carbons (Fsp3) is 0.889. The van der Waals surface area contributed by atoms with Gasteiger partial charge in [0.1, 0.15) is 0 Å². The van der Waals surface area contributed by atoms with Crippen molar-refractivity contribution < 1.29 is 14.3 Å². The second-order valence-corrected chi connectivity index (χ2v) is 6.64. The van der Waals surface area contributed by atoms with Gasteiger partial charge in [0.25, 0.3) is 0 Å². The summed E-state index contributed by atoms with van der Waals surface area (Å²) in [6.45, 7) is 5.58. The number of nitrogens with zero attached hydrogens (tertiary/aromatic N) is 2. The first kappa shape index (κ1) is 22.5. The molecule has 25 heavy (non-hydrogen) atoms. The highest BCUT2D eigenvalue weighted by Gasteiger charge is 2.28. The van der Waals surface area contributed by atoms with E-state index < -0.39 is 0 Å². The first-order valence-electron chi connectivity index (χ1n) is 9.48. The van der Waals surface area contributed by atoms with Gasteiger partial charge in [-0.15, -0.1) is 24.0 Å². The number of rotatable bonds is 7. The van der Waals surface area contributed by atoms with Crippen LogP contribution in [0.25, 0.3) is 0 Å². The van der Waals surface area contributed by atoms with E-state index in [1.165, 1.54) is 25.7 Å². The lowest BCUT2D eigenvalue weighted by Crippen LogP contribution is -2.48. The number of ether oxygens (including phenoxy) is 2. The zero-order chi connectivity index (χ0) is 17.2. The summed E-state index contributed by atoms with van der Waals surface area (Å²) in [6.07, 6.45) is 8.42. The summed E-state index contributed by atoms with van der Waals surface area (Å²) in [4.78, 5) is 18.5. The largest absolute Gasteiger partial charge is 0.466 e. The Morgan fingerprint density at radius 3 is 2.68 bits per heavy atom. The predicted octanol–water partition coefficient (Wildman–Crippen LogP) is 2.80. The Labute approximate surface area is 169 Å². The third kappa shape index (κ3) is 7.68. The monoisotopic (exact) mass is 467 g/mol. The zero-order valence-corrected chi connectivity index (χ0v) is 18.0. The number of carbonyl (C=O) groups excluding carboxylic acids is 1. The fourth-order valence-electron chi connectivity index (χ4n) is 3.53. The second kappa shape index (κ2) is 12.7. The average molecular weight is 467 g/mol. The third-order valence-electron chi connectivity index (χ3n) is 4.81. The molecule has 0 radical (unpaired) electrons. The normalized spacial score (nSPS) is 21.8. The van der Waals surface area contributed by atoms with E-state index in [1.807, 2.05) is 6.92 Å². The van der Waals surface area contributed by atoms with Crippen LogP contribution < -0.4 is 5.32 Å². The number of carbonyl (C=O) groups is 1. The molecule has 2 fully saturated rings. The summed E-state index contributed by atoms with van der Waals surface area (Å²) < 4.78 is 11.0. The number of guanidine groups is 1. The van der Waals surface area contributed by atoms with Crippen LogP contribution in [-0.2, 0) is 14.3 Å². The minimum Gasteiger partial charge on any atom is -0.466 e. The summed E-state index contributed by atoms with van der Waals surface area (Å²) in [5, 5.41) is 3.40. The Morgan fingerprint density at radius 2 is 2.00 bits per heavy atom. The van der Waals surface area contributed by atoms with Gasteiger partial charge in [0, 0.05) is 33.3 Å². The SMILES string of the molecule is CCOC(=O)C1CCCN(C(=NC)NCCCOC2CCCC2)C1.I. The number of likely N-dealkylation sites (tertiary alicyclic amines) is 1. The number of hydrogen-bond donors (Lipinski definition) is 1. The topological polar surface area (TPSA) is 63.2 Å². The molecule has 0 bridgehead atoms. The smallest absolute Gasteiger partial charge is 0.310 e. The van der Waals surface area contributed by atoms with Gasteiger partial charge >= 0.3 is 5.97 Å². The zero-order valence-electron chi connectivity index (χ0n) is 15.7. The number of piperidine rings is 1. The van der Waals surface area contributed by atoms with Crippen LogP contribution >= 0.6 is 24.0 Å². The molecular formula is C18H34IN3O3. The molecule has 1 aliphatic carbocycles. The molecule has 1 saturated heterocycles. The highest BCUT2D eigenvalue weighted by Crippen LogP contribution is 2.21. The van der Waals surface area contributed by atoms with Crippen LogP contribution in [0.15, 0.2) is 4.99 Å². The predicted molar refractivity (Wildman–Crippen MR) is 111 cm³/mol. The summed E-state index contributed by atoms with van der Waals surface area (Å²) in [5.74, 6) is 0.760. The first-order valence-corrected chi connectivity index (χ1v) is 9.48. The lowest BCUT2D eigenvalue weighted by atomic mass is 9.98. The third-order valence-corrected chi connectivity index (χ3v) is 4.81. The van der Waals surface area contributed by atoms with Gasteiger partial charge in [-0.1, -0.05) is 12.8 Å². The van der Waals surface area contributed by atoms with Gasteiger partial charge in [-0.05, 0) is 39.0 Å². The Balaban J connectivity index is 0.00000312. The molecule has 0 spiro atoms. The molecule has 1 unspecified atom stereocenters. The van der Waals surface area contributed by atoms with E-state index in [4.69, 9.17) is 9.47 Å². The lowest BCUT2D eigenvalue weighted by molar-refractivity contribution is -0.149. The number of esters is 1. The Kier molecular flexibility index (Phi) is 11.4. The van der Waals surface area contributed by atoms with Gasteiger partial charge in [0.2, 0.25) is 0 Å². The summed E-state index contributed by atoms with van der Waals surface area (Å²) in [6, 6.07) is 0. The van der Waals surface area contributed by atoms with Crippen LogP contribution in [0.5, 0.6) is 0 Å². The van der Waals surface area contributed by atoms with Crippen molar-refractivity contribution in [1.82, 2.24) is 10.2 Å². The second-order valence-electron chi connectivity index (χ2n) is 6.64. The highest BCUT2D eigenvalue weighted by atomic mass is 127. The quantitative estimate of drug-likeness (QED) is 0.205. The number of aliphatic imine (C=N–C) groups is 1. The summed E-state index contributed by atoms with van der Waals surface area (Å²) in [7, 11) is 1.80. The van der Waals surface area contributed by atoms with Crippen LogP contribution in [0.2, 0.25) is 0 Å². The molecule has 0 aromatic carbocycles. The van der Waals surface area contributed by atoms with Crippen molar-refractivity contribution in [2.24, 2.45) is 10.9 Å². The number of hydrogen-bond acceptors (Lipinski definition) is 4. The van der Waals surface area contributed by atoms with Crippen LogP contribution in [0.4, 0.5) is 0 Å². The van der Waals surface area contributed by atoms with E-state index in [-0.39, 0.29) is 35.9 Å². The average Bonchev–Trinajstić information content (AvgIpc) is 3.12. The molecular weight excluding hydrogens is 433 g/mol. The molecule has 2 rings (SSSR count). The fourth-order valence-corrected chi connectivity index (χ4v) is 3.53. The van der Waals surface area contributed by atoms with Crippen LogP contribution in [0, 0.1) is 5.92 Å². The number of halogens is 1. The van der Waals surface area contributed by atoms with Crippen molar-refractivity contribution in [3.05, 3.63) is 0 Å². The van der Waals surface area contributed by atoms with Crippen molar-refractivity contribution in [3.63, 3.8) is 0 Å². The van der Waals surface area contributed by atoms with Crippen molar-refractivity contribution >= 4 is 35.9 Å². The molecule has 1 aliphatic heterocycles. The summed E-state index contributed by atoms with van der Waals surface area (Å²) in [5.41, 5.74) is 0. The van der Waals surface area contributed by atoms with Gasteiger partial charge in [-0.2, -0.15) is 0 Å². The van der Waals surface area contributed by atoms with E-state index >= 15 is 0 Å². The molecule has 146 valence electrons. The minimum absolute atomic E-state index is 0. The molecule has 1 N–H and O–H groups in total. The molecule has 2 aliphatic rings. The van der Waals surface area contributed by atoms with Crippen LogP contribution in [-0.4, -0.2) is 62.8 Å². The maximum absolute atomic E-state index is 12.0.